The van der Waals surface area contributed by atoms with E-state index in [0.717, 1.165) is 73.9 Å². The number of likely N-dealkylation sites (tertiary alicyclic amines) is 1. The molecule has 6 nitrogen and oxygen atoms in total. The third-order valence-corrected chi connectivity index (χ3v) is 7.65. The second-order valence-corrected chi connectivity index (χ2v) is 10.3. The lowest BCUT2D eigenvalue weighted by molar-refractivity contribution is -0.0966. The van der Waals surface area contributed by atoms with Crippen LogP contribution >= 0.6 is 0 Å². The zero-order valence-corrected chi connectivity index (χ0v) is 18.6. The summed E-state index contributed by atoms with van der Waals surface area (Å²) in [5.41, 5.74) is 4.74. The SMILES string of the molecule is Cc1nc2ccc(C(=O)N3C[C@@H]4C(C)(C)C[C@]4(CN4CCOCC4)C3)cc2nc1C. The number of carbonyl (C=O) groups is 1. The molecule has 1 aliphatic carbocycles. The molecule has 0 radical (unpaired) electrons. The first kappa shape index (κ1) is 19.9. The van der Waals surface area contributed by atoms with Crippen LogP contribution in [0.25, 0.3) is 11.0 Å². The molecular weight excluding hydrogens is 376 g/mol. The van der Waals surface area contributed by atoms with E-state index in [4.69, 9.17) is 4.74 Å². The van der Waals surface area contributed by atoms with Crippen LogP contribution in [0.4, 0.5) is 0 Å². The van der Waals surface area contributed by atoms with Gasteiger partial charge in [0.15, 0.2) is 0 Å². The van der Waals surface area contributed by atoms with Crippen LogP contribution in [0.15, 0.2) is 18.2 Å². The number of morpholine rings is 1. The topological polar surface area (TPSA) is 58.6 Å². The average Bonchev–Trinajstić information content (AvgIpc) is 3.03. The first-order valence-electron chi connectivity index (χ1n) is 11.1. The van der Waals surface area contributed by atoms with Crippen LogP contribution in [-0.4, -0.2) is 71.6 Å². The number of ether oxygens (including phenoxy) is 1. The van der Waals surface area contributed by atoms with Gasteiger partial charge in [0.25, 0.3) is 5.91 Å². The van der Waals surface area contributed by atoms with Crippen molar-refractivity contribution in [3.8, 4) is 0 Å². The van der Waals surface area contributed by atoms with Gasteiger partial charge in [0.2, 0.25) is 0 Å². The Morgan fingerprint density at radius 3 is 2.53 bits per heavy atom. The quantitative estimate of drug-likeness (QED) is 0.781. The van der Waals surface area contributed by atoms with Crippen molar-refractivity contribution >= 4 is 16.9 Å². The van der Waals surface area contributed by atoms with E-state index in [9.17, 15) is 4.79 Å². The fourth-order valence-corrected chi connectivity index (χ4v) is 6.25. The molecule has 30 heavy (non-hydrogen) atoms. The molecule has 1 aromatic heterocycles. The smallest absolute Gasteiger partial charge is 0.253 e. The van der Waals surface area contributed by atoms with E-state index in [-0.39, 0.29) is 11.3 Å². The Kier molecular flexibility index (Phi) is 4.63. The summed E-state index contributed by atoms with van der Waals surface area (Å²) in [4.78, 5) is 27.3. The number of hydrogen-bond donors (Lipinski definition) is 0. The van der Waals surface area contributed by atoms with Crippen molar-refractivity contribution in [2.24, 2.45) is 16.7 Å². The molecule has 0 unspecified atom stereocenters. The number of rotatable bonds is 3. The number of carbonyl (C=O) groups excluding carboxylic acids is 1. The summed E-state index contributed by atoms with van der Waals surface area (Å²) in [6, 6.07) is 5.76. The Labute approximate surface area is 178 Å². The molecule has 0 spiro atoms. The van der Waals surface area contributed by atoms with E-state index in [1.165, 1.54) is 6.42 Å². The number of nitrogens with zero attached hydrogens (tertiary/aromatic N) is 4. The van der Waals surface area contributed by atoms with Crippen LogP contribution in [0.1, 0.15) is 42.0 Å². The van der Waals surface area contributed by atoms with Crippen molar-refractivity contribution in [1.29, 1.82) is 0 Å². The maximum Gasteiger partial charge on any atom is 0.253 e. The minimum Gasteiger partial charge on any atom is -0.379 e. The molecule has 1 amide bonds. The van der Waals surface area contributed by atoms with E-state index in [1.807, 2.05) is 32.0 Å². The summed E-state index contributed by atoms with van der Waals surface area (Å²) in [7, 11) is 0. The van der Waals surface area contributed by atoms with E-state index in [0.29, 0.717) is 11.3 Å². The van der Waals surface area contributed by atoms with E-state index in [2.05, 4.69) is 33.6 Å². The molecule has 2 atom stereocenters. The minimum absolute atomic E-state index is 0.128. The van der Waals surface area contributed by atoms with Crippen LogP contribution in [-0.2, 0) is 4.74 Å². The van der Waals surface area contributed by atoms with Gasteiger partial charge in [-0.1, -0.05) is 13.8 Å². The Balaban J connectivity index is 1.38. The van der Waals surface area contributed by atoms with E-state index in [1.54, 1.807) is 0 Å². The zero-order chi connectivity index (χ0) is 21.1. The molecule has 2 aliphatic heterocycles. The third kappa shape index (κ3) is 3.21. The van der Waals surface area contributed by atoms with Gasteiger partial charge in [-0.3, -0.25) is 9.69 Å². The normalized spacial score (nSPS) is 28.4. The van der Waals surface area contributed by atoms with Crippen LogP contribution in [0.5, 0.6) is 0 Å². The second kappa shape index (κ2) is 6.99. The molecule has 1 saturated carbocycles. The fraction of sp³-hybridized carbons (Fsp3) is 0.625. The van der Waals surface area contributed by atoms with E-state index >= 15 is 0 Å². The first-order valence-corrected chi connectivity index (χ1v) is 11.1. The van der Waals surface area contributed by atoms with Gasteiger partial charge in [-0.05, 0) is 49.8 Å². The lowest BCUT2D eigenvalue weighted by Crippen LogP contribution is -2.59. The Bertz CT molecular complexity index is 998. The van der Waals surface area contributed by atoms with Crippen molar-refractivity contribution in [2.45, 2.75) is 34.1 Å². The highest BCUT2D eigenvalue weighted by Crippen LogP contribution is 2.63. The third-order valence-electron chi connectivity index (χ3n) is 7.65. The van der Waals surface area contributed by atoms with Crippen LogP contribution in [0.3, 0.4) is 0 Å². The van der Waals surface area contributed by atoms with Gasteiger partial charge in [-0.25, -0.2) is 9.97 Å². The van der Waals surface area contributed by atoms with Gasteiger partial charge in [0.1, 0.15) is 0 Å². The predicted molar refractivity (Wildman–Crippen MR) is 116 cm³/mol. The number of aryl methyl sites for hydroxylation is 2. The lowest BCUT2D eigenvalue weighted by Gasteiger charge is -2.58. The zero-order valence-electron chi connectivity index (χ0n) is 18.6. The van der Waals surface area contributed by atoms with Crippen LogP contribution in [0, 0.1) is 30.6 Å². The Hall–Kier alpha value is -2.05. The highest BCUT2D eigenvalue weighted by molar-refractivity contribution is 5.97. The number of hydrogen-bond acceptors (Lipinski definition) is 5. The van der Waals surface area contributed by atoms with Gasteiger partial charge in [0.05, 0.1) is 35.6 Å². The molecule has 3 fully saturated rings. The number of benzene rings is 1. The Morgan fingerprint density at radius 1 is 1.13 bits per heavy atom. The molecule has 2 aromatic rings. The van der Waals surface area contributed by atoms with Gasteiger partial charge in [-0.15, -0.1) is 0 Å². The fourth-order valence-electron chi connectivity index (χ4n) is 6.25. The molecule has 5 rings (SSSR count). The Morgan fingerprint density at radius 2 is 1.83 bits per heavy atom. The molecular formula is C24H32N4O2. The highest BCUT2D eigenvalue weighted by Gasteiger charge is 2.63. The van der Waals surface area contributed by atoms with Crippen molar-refractivity contribution < 1.29 is 9.53 Å². The standard InChI is InChI=1S/C24H32N4O2/c1-16-17(2)26-20-11-18(5-6-19(20)25-16)22(29)28-12-21-23(3,4)13-24(21,15-28)14-27-7-9-30-10-8-27/h5-6,11,21H,7-10,12-15H2,1-4H3/t21-,24+/m1/s1. The van der Waals surface area contributed by atoms with Crippen LogP contribution < -0.4 is 0 Å². The van der Waals surface area contributed by atoms with Crippen molar-refractivity contribution in [2.75, 3.05) is 45.9 Å². The first-order chi connectivity index (χ1) is 14.3. The number of aromatic nitrogens is 2. The lowest BCUT2D eigenvalue weighted by atomic mass is 9.48. The average molecular weight is 409 g/mol. The summed E-state index contributed by atoms with van der Waals surface area (Å²) in [5, 5.41) is 0. The maximum atomic E-state index is 13.5. The molecule has 2 saturated heterocycles. The molecule has 0 N–H and O–H groups in total. The summed E-state index contributed by atoms with van der Waals surface area (Å²) < 4.78 is 5.53. The van der Waals surface area contributed by atoms with Crippen molar-refractivity contribution in [1.82, 2.24) is 19.8 Å². The van der Waals surface area contributed by atoms with Crippen molar-refractivity contribution in [3.05, 3.63) is 35.2 Å². The minimum atomic E-state index is 0.128. The molecule has 160 valence electrons. The molecule has 1 aromatic carbocycles. The predicted octanol–water partition coefficient (Wildman–Crippen LogP) is 3.07. The highest BCUT2D eigenvalue weighted by atomic mass is 16.5. The molecule has 0 bridgehead atoms. The molecule has 6 heteroatoms. The van der Waals surface area contributed by atoms with Crippen molar-refractivity contribution in [3.63, 3.8) is 0 Å². The van der Waals surface area contributed by atoms with Crippen LogP contribution in [0.2, 0.25) is 0 Å². The maximum absolute atomic E-state index is 13.5. The summed E-state index contributed by atoms with van der Waals surface area (Å²) >= 11 is 0. The largest absolute Gasteiger partial charge is 0.379 e. The number of fused-ring (bicyclic) bond motifs is 2. The molecule has 3 heterocycles. The monoisotopic (exact) mass is 408 g/mol. The van der Waals surface area contributed by atoms with E-state index < -0.39 is 0 Å². The summed E-state index contributed by atoms with van der Waals surface area (Å²) in [6.45, 7) is 15.1. The van der Waals surface area contributed by atoms with Gasteiger partial charge in [0, 0.05) is 43.7 Å². The molecule has 3 aliphatic rings. The van der Waals surface area contributed by atoms with Gasteiger partial charge >= 0.3 is 0 Å². The second-order valence-electron chi connectivity index (χ2n) is 10.3. The summed E-state index contributed by atoms with van der Waals surface area (Å²) in [5.74, 6) is 0.686. The van der Waals surface area contributed by atoms with Gasteiger partial charge < -0.3 is 9.64 Å². The number of amides is 1. The summed E-state index contributed by atoms with van der Waals surface area (Å²) in [6.07, 6.45) is 1.19. The van der Waals surface area contributed by atoms with Gasteiger partial charge in [-0.2, -0.15) is 0 Å².